The zero-order valence-corrected chi connectivity index (χ0v) is 10.4. The molecule has 1 aromatic rings. The Kier molecular flexibility index (Phi) is 3.09. The molecule has 0 aliphatic carbocycles. The van der Waals surface area contributed by atoms with Crippen LogP contribution in [0.5, 0.6) is 0 Å². The Labute approximate surface area is 101 Å². The van der Waals surface area contributed by atoms with Crippen LogP contribution < -0.4 is 5.73 Å². The second kappa shape index (κ2) is 4.27. The molecule has 5 nitrogen and oxygen atoms in total. The molecule has 0 amide bonds. The van der Waals surface area contributed by atoms with Crippen LogP contribution in [0.15, 0.2) is 12.3 Å². The molecule has 2 rings (SSSR count). The summed E-state index contributed by atoms with van der Waals surface area (Å²) in [7, 11) is -3.00. The van der Waals surface area contributed by atoms with Crippen molar-refractivity contribution < 1.29 is 13.5 Å². The second-order valence-electron chi connectivity index (χ2n) is 4.53. The minimum absolute atomic E-state index is 0.0297. The Balaban J connectivity index is 2.29. The van der Waals surface area contributed by atoms with E-state index >= 15 is 0 Å². The Morgan fingerprint density at radius 2 is 2.29 bits per heavy atom. The highest BCUT2D eigenvalue weighted by molar-refractivity contribution is 7.91. The fraction of sp³-hybridized carbons (Fsp3) is 0.545. The van der Waals surface area contributed by atoms with Crippen molar-refractivity contribution in [3.05, 3.63) is 23.4 Å². The molecule has 2 atom stereocenters. The summed E-state index contributed by atoms with van der Waals surface area (Å²) in [5.41, 5.74) is 7.14. The van der Waals surface area contributed by atoms with Crippen molar-refractivity contribution in [1.82, 2.24) is 4.98 Å². The number of aliphatic hydroxyl groups is 1. The van der Waals surface area contributed by atoms with Crippen molar-refractivity contribution in [3.8, 4) is 0 Å². The van der Waals surface area contributed by atoms with Gasteiger partial charge in [-0.2, -0.15) is 0 Å². The van der Waals surface area contributed by atoms with Gasteiger partial charge in [0.25, 0.3) is 0 Å². The van der Waals surface area contributed by atoms with E-state index in [2.05, 4.69) is 4.98 Å². The summed E-state index contributed by atoms with van der Waals surface area (Å²) in [6.07, 6.45) is 1.21. The molecule has 0 spiro atoms. The van der Waals surface area contributed by atoms with E-state index in [-0.39, 0.29) is 23.2 Å². The van der Waals surface area contributed by atoms with Gasteiger partial charge in [0.05, 0.1) is 17.6 Å². The van der Waals surface area contributed by atoms with Crippen molar-refractivity contribution in [2.45, 2.75) is 19.4 Å². The van der Waals surface area contributed by atoms with Gasteiger partial charge < -0.3 is 10.8 Å². The first-order valence-corrected chi connectivity index (χ1v) is 7.32. The van der Waals surface area contributed by atoms with Gasteiger partial charge in [0.2, 0.25) is 0 Å². The van der Waals surface area contributed by atoms with Crippen LogP contribution in [0.25, 0.3) is 0 Å². The minimum Gasteiger partial charge on any atom is -0.388 e. The summed E-state index contributed by atoms with van der Waals surface area (Å²) in [5, 5.41) is 10.2. The first-order valence-electron chi connectivity index (χ1n) is 5.50. The average molecular weight is 256 g/mol. The maximum Gasteiger partial charge on any atom is 0.150 e. The molecule has 1 aliphatic rings. The number of hydrogen-bond donors (Lipinski definition) is 2. The third-order valence-electron chi connectivity index (χ3n) is 3.25. The van der Waals surface area contributed by atoms with Gasteiger partial charge in [-0.3, -0.25) is 0 Å². The van der Waals surface area contributed by atoms with Crippen molar-refractivity contribution in [1.29, 1.82) is 0 Å². The van der Waals surface area contributed by atoms with Crippen LogP contribution in [-0.2, 0) is 9.84 Å². The zero-order valence-electron chi connectivity index (χ0n) is 9.63. The Morgan fingerprint density at radius 1 is 1.59 bits per heavy atom. The molecule has 17 heavy (non-hydrogen) atoms. The van der Waals surface area contributed by atoms with Crippen LogP contribution in [0, 0.1) is 12.8 Å². The highest BCUT2D eigenvalue weighted by Gasteiger charge is 2.34. The van der Waals surface area contributed by atoms with Gasteiger partial charge in [0.15, 0.2) is 9.84 Å². The molecule has 2 heterocycles. The molecule has 6 heteroatoms. The lowest BCUT2D eigenvalue weighted by Gasteiger charge is -2.20. The smallest absolute Gasteiger partial charge is 0.150 e. The van der Waals surface area contributed by atoms with Gasteiger partial charge in [-0.15, -0.1) is 0 Å². The first-order chi connectivity index (χ1) is 7.91. The number of nitrogen functional groups attached to an aromatic ring is 1. The monoisotopic (exact) mass is 256 g/mol. The number of nitrogens with zero attached hydrogens (tertiary/aromatic N) is 1. The summed E-state index contributed by atoms with van der Waals surface area (Å²) in [6, 6.07) is 1.76. The largest absolute Gasteiger partial charge is 0.388 e. The molecule has 94 valence electrons. The van der Waals surface area contributed by atoms with Gasteiger partial charge >= 0.3 is 0 Å². The molecule has 1 saturated heterocycles. The van der Waals surface area contributed by atoms with Gasteiger partial charge in [-0.05, 0) is 25.0 Å². The third-order valence-corrected chi connectivity index (χ3v) is 5.04. The number of nitrogens with two attached hydrogens (primary N) is 1. The van der Waals surface area contributed by atoms with Crippen LogP contribution in [0.4, 0.5) is 5.82 Å². The fourth-order valence-corrected chi connectivity index (χ4v) is 4.11. The number of aryl methyl sites for hydroxylation is 1. The average Bonchev–Trinajstić information content (AvgIpc) is 2.58. The fourth-order valence-electron chi connectivity index (χ4n) is 2.28. The number of anilines is 1. The molecule has 1 aromatic heterocycles. The maximum absolute atomic E-state index is 11.4. The molecule has 1 aliphatic heterocycles. The molecule has 0 radical (unpaired) electrons. The lowest BCUT2D eigenvalue weighted by Crippen LogP contribution is -2.17. The van der Waals surface area contributed by atoms with Crippen molar-refractivity contribution in [3.63, 3.8) is 0 Å². The SMILES string of the molecule is Cc1ccnc(N)c1C(O)C1CCS(=O)(=O)C1. The molecular formula is C11H16N2O3S. The van der Waals surface area contributed by atoms with Gasteiger partial charge in [-0.1, -0.05) is 0 Å². The topological polar surface area (TPSA) is 93.3 Å². The first kappa shape index (κ1) is 12.3. The van der Waals surface area contributed by atoms with Crippen LogP contribution in [0.2, 0.25) is 0 Å². The quantitative estimate of drug-likeness (QED) is 0.801. The molecule has 0 saturated carbocycles. The molecule has 0 aromatic carbocycles. The molecule has 0 bridgehead atoms. The van der Waals surface area contributed by atoms with Crippen molar-refractivity contribution in [2.75, 3.05) is 17.2 Å². The van der Waals surface area contributed by atoms with Crippen LogP contribution in [0.3, 0.4) is 0 Å². The zero-order chi connectivity index (χ0) is 12.6. The molecular weight excluding hydrogens is 240 g/mol. The normalized spacial score (nSPS) is 24.7. The summed E-state index contributed by atoms with van der Waals surface area (Å²) in [5.74, 6) is 0.183. The molecule has 1 fully saturated rings. The maximum atomic E-state index is 11.4. The summed E-state index contributed by atoms with van der Waals surface area (Å²) < 4.78 is 22.8. The summed E-state index contributed by atoms with van der Waals surface area (Å²) >= 11 is 0. The Bertz CT molecular complexity index is 507. The van der Waals surface area contributed by atoms with E-state index in [4.69, 9.17) is 5.73 Å². The van der Waals surface area contributed by atoms with Crippen LogP contribution in [0.1, 0.15) is 23.7 Å². The predicted molar refractivity (Wildman–Crippen MR) is 65.1 cm³/mol. The number of sulfone groups is 1. The minimum atomic E-state index is -3.00. The number of aromatic nitrogens is 1. The van der Waals surface area contributed by atoms with Crippen molar-refractivity contribution in [2.24, 2.45) is 5.92 Å². The van der Waals surface area contributed by atoms with E-state index in [1.807, 2.05) is 6.92 Å². The van der Waals surface area contributed by atoms with E-state index in [1.54, 1.807) is 12.3 Å². The highest BCUT2D eigenvalue weighted by atomic mass is 32.2. The molecule has 2 unspecified atom stereocenters. The van der Waals surface area contributed by atoms with Crippen LogP contribution in [-0.4, -0.2) is 30.0 Å². The van der Waals surface area contributed by atoms with Gasteiger partial charge in [0.1, 0.15) is 5.82 Å². The van der Waals surface area contributed by atoms with Crippen molar-refractivity contribution >= 4 is 15.7 Å². The van der Waals surface area contributed by atoms with E-state index in [1.165, 1.54) is 0 Å². The molecule has 3 N–H and O–H groups in total. The second-order valence-corrected chi connectivity index (χ2v) is 6.76. The highest BCUT2D eigenvalue weighted by Crippen LogP contribution is 2.34. The third kappa shape index (κ3) is 2.42. The standard InChI is InChI=1S/C11H16N2O3S/c1-7-2-4-13-11(12)9(7)10(14)8-3-5-17(15,16)6-8/h2,4,8,10,14H,3,5-6H2,1H3,(H2,12,13). The predicted octanol–water partition coefficient (Wildman–Crippen LogP) is 0.440. The number of pyridine rings is 1. The number of hydrogen-bond acceptors (Lipinski definition) is 5. The van der Waals surface area contributed by atoms with E-state index in [9.17, 15) is 13.5 Å². The lowest BCUT2D eigenvalue weighted by molar-refractivity contribution is 0.121. The van der Waals surface area contributed by atoms with E-state index in [0.29, 0.717) is 12.0 Å². The lowest BCUT2D eigenvalue weighted by atomic mass is 9.93. The Morgan fingerprint density at radius 3 is 2.82 bits per heavy atom. The van der Waals surface area contributed by atoms with Gasteiger partial charge in [-0.25, -0.2) is 13.4 Å². The summed E-state index contributed by atoms with van der Waals surface area (Å²) in [6.45, 7) is 1.83. The van der Waals surface area contributed by atoms with Crippen LogP contribution >= 0.6 is 0 Å². The Hall–Kier alpha value is -1.14. The summed E-state index contributed by atoms with van der Waals surface area (Å²) in [4.78, 5) is 3.94. The van der Waals surface area contributed by atoms with Gasteiger partial charge in [0, 0.05) is 17.7 Å². The number of aliphatic hydroxyl groups excluding tert-OH is 1. The van der Waals surface area contributed by atoms with E-state index in [0.717, 1.165) is 5.56 Å². The van der Waals surface area contributed by atoms with E-state index < -0.39 is 15.9 Å². The number of rotatable bonds is 2.